The minimum Gasteiger partial charge on any atom is -0.370 e. The molecule has 0 radical (unpaired) electrons. The highest BCUT2D eigenvalue weighted by molar-refractivity contribution is 5.96. The number of amides is 2. The van der Waals surface area contributed by atoms with E-state index >= 15 is 0 Å². The van der Waals surface area contributed by atoms with E-state index in [1.165, 1.54) is 6.92 Å². The predicted octanol–water partition coefficient (Wildman–Crippen LogP) is -1.42. The highest BCUT2D eigenvalue weighted by atomic mass is 16.5. The number of primary amides is 1. The van der Waals surface area contributed by atoms with Crippen LogP contribution in [0.4, 0.5) is 0 Å². The Labute approximate surface area is 81.8 Å². The maximum absolute atomic E-state index is 10.9. The number of hydrogen-bond donors (Lipinski definition) is 2. The van der Waals surface area contributed by atoms with Gasteiger partial charge in [-0.1, -0.05) is 0 Å². The Bertz CT molecular complexity index is 227. The average molecular weight is 202 g/mol. The van der Waals surface area contributed by atoms with Gasteiger partial charge in [-0.25, -0.2) is 0 Å². The molecule has 0 aromatic rings. The summed E-state index contributed by atoms with van der Waals surface area (Å²) in [5, 5.41) is 2.45. The molecule has 14 heavy (non-hydrogen) atoms. The monoisotopic (exact) mass is 202 g/mol. The first-order valence-electron chi connectivity index (χ1n) is 4.14. The SMILES string of the molecule is CC(=O)CC(=O)NCCOCC(N)=O. The molecule has 3 N–H and O–H groups in total. The zero-order valence-corrected chi connectivity index (χ0v) is 8.04. The second-order valence-corrected chi connectivity index (χ2v) is 2.75. The summed E-state index contributed by atoms with van der Waals surface area (Å²) in [5.41, 5.74) is 4.80. The molecule has 0 fully saturated rings. The van der Waals surface area contributed by atoms with Crippen molar-refractivity contribution in [2.24, 2.45) is 5.73 Å². The lowest BCUT2D eigenvalue weighted by molar-refractivity contribution is -0.127. The summed E-state index contributed by atoms with van der Waals surface area (Å²) in [4.78, 5) is 31.6. The van der Waals surface area contributed by atoms with Crippen molar-refractivity contribution >= 4 is 17.6 Å². The lowest BCUT2D eigenvalue weighted by atomic mass is 10.3. The van der Waals surface area contributed by atoms with Crippen molar-refractivity contribution in [3.63, 3.8) is 0 Å². The van der Waals surface area contributed by atoms with Crippen LogP contribution in [0, 0.1) is 0 Å². The number of rotatable bonds is 7. The molecule has 0 aliphatic rings. The molecule has 80 valence electrons. The van der Waals surface area contributed by atoms with Crippen LogP contribution in [0.3, 0.4) is 0 Å². The van der Waals surface area contributed by atoms with Gasteiger partial charge in [0.25, 0.3) is 0 Å². The first-order valence-corrected chi connectivity index (χ1v) is 4.14. The molecule has 0 aromatic carbocycles. The fourth-order valence-electron chi connectivity index (χ4n) is 0.724. The molecule has 0 bridgehead atoms. The van der Waals surface area contributed by atoms with E-state index in [1.54, 1.807) is 0 Å². The number of ketones is 1. The molecule has 0 aliphatic heterocycles. The quantitative estimate of drug-likeness (QED) is 0.391. The smallest absolute Gasteiger partial charge is 0.243 e. The number of nitrogens with two attached hydrogens (primary N) is 1. The maximum Gasteiger partial charge on any atom is 0.243 e. The number of hydrogen-bond acceptors (Lipinski definition) is 4. The Morgan fingerprint density at radius 1 is 1.36 bits per heavy atom. The van der Waals surface area contributed by atoms with Gasteiger partial charge in [0.2, 0.25) is 11.8 Å². The second-order valence-electron chi connectivity index (χ2n) is 2.75. The standard InChI is InChI=1S/C8H14N2O4/c1-6(11)4-8(13)10-2-3-14-5-7(9)12/h2-5H2,1H3,(H2,9,12)(H,10,13). The molecule has 0 aliphatic carbocycles. The topological polar surface area (TPSA) is 98.5 Å². The minimum atomic E-state index is -0.555. The Kier molecular flexibility index (Phi) is 6.30. The number of carbonyl (C=O) groups excluding carboxylic acids is 3. The third-order valence-corrected chi connectivity index (χ3v) is 1.22. The van der Waals surface area contributed by atoms with Crippen molar-refractivity contribution in [2.45, 2.75) is 13.3 Å². The molecule has 6 heteroatoms. The molecular formula is C8H14N2O4. The summed E-state index contributed by atoms with van der Waals surface area (Å²) in [6, 6.07) is 0. The Balaban J connectivity index is 3.32. The molecule has 2 amide bonds. The first kappa shape index (κ1) is 12.6. The molecule has 0 aromatic heterocycles. The molecule has 0 unspecified atom stereocenters. The van der Waals surface area contributed by atoms with Gasteiger partial charge in [-0.05, 0) is 6.92 Å². The Hall–Kier alpha value is -1.43. The minimum absolute atomic E-state index is 0.129. The molecule has 0 saturated carbocycles. The first-order chi connectivity index (χ1) is 6.52. The van der Waals surface area contributed by atoms with Crippen LogP contribution >= 0.6 is 0 Å². The van der Waals surface area contributed by atoms with Crippen molar-refractivity contribution in [3.05, 3.63) is 0 Å². The van der Waals surface area contributed by atoms with Crippen LogP contribution in [-0.2, 0) is 19.1 Å². The molecule has 0 saturated heterocycles. The molecule has 6 nitrogen and oxygen atoms in total. The van der Waals surface area contributed by atoms with E-state index in [-0.39, 0.29) is 37.9 Å². The third-order valence-electron chi connectivity index (χ3n) is 1.22. The van der Waals surface area contributed by atoms with Crippen molar-refractivity contribution in [3.8, 4) is 0 Å². The van der Waals surface area contributed by atoms with E-state index in [0.717, 1.165) is 0 Å². The van der Waals surface area contributed by atoms with Crippen molar-refractivity contribution < 1.29 is 19.1 Å². The van der Waals surface area contributed by atoms with Gasteiger partial charge in [-0.15, -0.1) is 0 Å². The van der Waals surface area contributed by atoms with E-state index in [9.17, 15) is 14.4 Å². The number of ether oxygens (including phenoxy) is 1. The predicted molar refractivity (Wildman–Crippen MR) is 48.3 cm³/mol. The summed E-state index contributed by atoms with van der Waals surface area (Å²) in [6.45, 7) is 1.64. The summed E-state index contributed by atoms with van der Waals surface area (Å²) < 4.78 is 4.78. The maximum atomic E-state index is 10.9. The van der Waals surface area contributed by atoms with E-state index < -0.39 is 5.91 Å². The fourth-order valence-corrected chi connectivity index (χ4v) is 0.724. The Morgan fingerprint density at radius 2 is 2.00 bits per heavy atom. The highest BCUT2D eigenvalue weighted by Crippen LogP contribution is 1.81. The third kappa shape index (κ3) is 8.66. The van der Waals surface area contributed by atoms with Gasteiger partial charge in [0.1, 0.15) is 12.4 Å². The van der Waals surface area contributed by atoms with Crippen molar-refractivity contribution in [1.29, 1.82) is 0 Å². The van der Waals surface area contributed by atoms with E-state index in [2.05, 4.69) is 5.32 Å². The number of nitrogens with one attached hydrogen (secondary N) is 1. The van der Waals surface area contributed by atoms with Crippen LogP contribution in [0.2, 0.25) is 0 Å². The van der Waals surface area contributed by atoms with E-state index in [4.69, 9.17) is 10.5 Å². The molecule has 0 atom stereocenters. The lowest BCUT2D eigenvalue weighted by Crippen LogP contribution is -2.29. The van der Waals surface area contributed by atoms with Gasteiger partial charge in [0.05, 0.1) is 13.0 Å². The molecule has 0 rings (SSSR count). The van der Waals surface area contributed by atoms with Gasteiger partial charge in [0, 0.05) is 6.54 Å². The van der Waals surface area contributed by atoms with Crippen molar-refractivity contribution in [1.82, 2.24) is 5.32 Å². The normalized spacial score (nSPS) is 9.50. The van der Waals surface area contributed by atoms with Crippen LogP contribution in [0.15, 0.2) is 0 Å². The van der Waals surface area contributed by atoms with Crippen LogP contribution in [0.1, 0.15) is 13.3 Å². The highest BCUT2D eigenvalue weighted by Gasteiger charge is 2.03. The van der Waals surface area contributed by atoms with Gasteiger partial charge < -0.3 is 15.8 Å². The zero-order chi connectivity index (χ0) is 11.0. The zero-order valence-electron chi connectivity index (χ0n) is 8.04. The number of carbonyl (C=O) groups is 3. The molecule has 0 spiro atoms. The summed E-state index contributed by atoms with van der Waals surface area (Å²) >= 11 is 0. The molecule has 0 heterocycles. The van der Waals surface area contributed by atoms with E-state index in [0.29, 0.717) is 0 Å². The van der Waals surface area contributed by atoms with Gasteiger partial charge in [0.15, 0.2) is 0 Å². The molecular weight excluding hydrogens is 188 g/mol. The van der Waals surface area contributed by atoms with Gasteiger partial charge in [-0.2, -0.15) is 0 Å². The van der Waals surface area contributed by atoms with Crippen molar-refractivity contribution in [2.75, 3.05) is 19.8 Å². The van der Waals surface area contributed by atoms with E-state index in [1.807, 2.05) is 0 Å². The van der Waals surface area contributed by atoms with Gasteiger partial charge in [-0.3, -0.25) is 14.4 Å². The van der Waals surface area contributed by atoms with Crippen LogP contribution in [0.5, 0.6) is 0 Å². The fraction of sp³-hybridized carbons (Fsp3) is 0.625. The summed E-state index contributed by atoms with van der Waals surface area (Å²) in [6.07, 6.45) is -0.129. The number of Topliss-reactive ketones (excluding diaryl/α,β-unsaturated/α-hetero) is 1. The Morgan fingerprint density at radius 3 is 2.50 bits per heavy atom. The van der Waals surface area contributed by atoms with Crippen LogP contribution in [0.25, 0.3) is 0 Å². The lowest BCUT2D eigenvalue weighted by Gasteiger charge is -2.03. The van der Waals surface area contributed by atoms with Gasteiger partial charge >= 0.3 is 0 Å². The summed E-state index contributed by atoms with van der Waals surface area (Å²) in [7, 11) is 0. The van der Waals surface area contributed by atoms with Crippen LogP contribution < -0.4 is 11.1 Å². The van der Waals surface area contributed by atoms with Crippen LogP contribution in [-0.4, -0.2) is 37.4 Å². The summed E-state index contributed by atoms with van der Waals surface area (Å²) in [5.74, 6) is -1.10. The second kappa shape index (κ2) is 7.02. The largest absolute Gasteiger partial charge is 0.370 e. The average Bonchev–Trinajstić information content (AvgIpc) is 2.01.